The van der Waals surface area contributed by atoms with Crippen molar-refractivity contribution < 1.29 is 42.4 Å². The number of ether oxygens (including phenoxy) is 2. The molecule has 7 nitrogen and oxygen atoms in total. The highest BCUT2D eigenvalue weighted by molar-refractivity contribution is 5.98. The first-order valence-electron chi connectivity index (χ1n) is 9.67. The van der Waals surface area contributed by atoms with E-state index in [0.29, 0.717) is 16.7 Å². The summed E-state index contributed by atoms with van der Waals surface area (Å²) < 4.78 is 49.6. The molecule has 3 aromatic carbocycles. The van der Waals surface area contributed by atoms with Gasteiger partial charge in [-0.2, -0.15) is 13.2 Å². The largest absolute Gasteiger partial charge is 0.508 e. The summed E-state index contributed by atoms with van der Waals surface area (Å²) in [6, 6.07) is 13.0. The van der Waals surface area contributed by atoms with Crippen LogP contribution in [-0.4, -0.2) is 28.3 Å². The summed E-state index contributed by atoms with van der Waals surface area (Å²) in [5, 5.41) is 21.6. The highest BCUT2D eigenvalue weighted by atomic mass is 19.4. The van der Waals surface area contributed by atoms with Crippen molar-refractivity contribution in [1.82, 2.24) is 5.32 Å². The van der Waals surface area contributed by atoms with Crippen molar-refractivity contribution in [3.8, 4) is 23.0 Å². The number of carbonyl (C=O) groups is 2. The van der Waals surface area contributed by atoms with E-state index in [1.807, 2.05) is 0 Å². The summed E-state index contributed by atoms with van der Waals surface area (Å²) in [6.07, 6.45) is -5.07. The molecule has 2 heterocycles. The summed E-state index contributed by atoms with van der Waals surface area (Å²) in [5.74, 6) is -2.81. The van der Waals surface area contributed by atoms with Gasteiger partial charge in [0.1, 0.15) is 23.0 Å². The summed E-state index contributed by atoms with van der Waals surface area (Å²) >= 11 is 0. The van der Waals surface area contributed by atoms with Crippen molar-refractivity contribution in [3.63, 3.8) is 0 Å². The van der Waals surface area contributed by atoms with Crippen molar-refractivity contribution in [2.24, 2.45) is 0 Å². The van der Waals surface area contributed by atoms with Crippen LogP contribution in [0.15, 0.2) is 54.6 Å². The number of phenolic OH excluding ortho intramolecular Hbond substituents is 2. The number of fused-ring (bicyclic) bond motifs is 6. The first kappa shape index (κ1) is 20.7. The minimum Gasteiger partial charge on any atom is -0.508 e. The maximum absolute atomic E-state index is 13.1. The molecule has 0 unspecified atom stereocenters. The molecule has 3 aromatic rings. The van der Waals surface area contributed by atoms with Crippen LogP contribution in [0.3, 0.4) is 0 Å². The summed E-state index contributed by atoms with van der Waals surface area (Å²) in [5.41, 5.74) is -0.308. The highest BCUT2D eigenvalue weighted by Crippen LogP contribution is 2.57. The number of benzene rings is 3. The van der Waals surface area contributed by atoms with Gasteiger partial charge in [-0.1, -0.05) is 18.2 Å². The Bertz CT molecular complexity index is 1280. The molecule has 33 heavy (non-hydrogen) atoms. The summed E-state index contributed by atoms with van der Waals surface area (Å²) in [6.45, 7) is -0.548. The van der Waals surface area contributed by atoms with Gasteiger partial charge in [0.15, 0.2) is 5.60 Å². The Hall–Kier alpha value is -4.21. The number of amides is 1. The van der Waals surface area contributed by atoms with Crippen LogP contribution in [0.4, 0.5) is 13.2 Å². The molecule has 168 valence electrons. The molecule has 10 heteroatoms. The fraction of sp³-hybridized carbons (Fsp3) is 0.130. The van der Waals surface area contributed by atoms with Gasteiger partial charge in [-0.25, -0.2) is 4.79 Å². The monoisotopic (exact) mass is 457 g/mol. The zero-order valence-corrected chi connectivity index (χ0v) is 16.6. The number of phenols is 2. The number of rotatable bonds is 2. The number of hydrogen-bond donors (Lipinski definition) is 3. The average molecular weight is 457 g/mol. The van der Waals surface area contributed by atoms with Gasteiger partial charge in [0.05, 0.1) is 5.56 Å². The van der Waals surface area contributed by atoms with Crippen LogP contribution in [0.2, 0.25) is 0 Å². The van der Waals surface area contributed by atoms with E-state index in [0.717, 1.165) is 0 Å². The van der Waals surface area contributed by atoms with Crippen LogP contribution in [0.5, 0.6) is 23.0 Å². The molecule has 0 aromatic heterocycles. The highest BCUT2D eigenvalue weighted by Gasteiger charge is 2.54. The molecular weight excluding hydrogens is 443 g/mol. The first-order valence-corrected chi connectivity index (χ1v) is 9.67. The number of hydrogen-bond acceptors (Lipinski definition) is 6. The Kier molecular flexibility index (Phi) is 4.32. The molecule has 2 aliphatic rings. The van der Waals surface area contributed by atoms with E-state index in [1.165, 1.54) is 48.5 Å². The van der Waals surface area contributed by atoms with E-state index in [1.54, 1.807) is 11.4 Å². The quantitative estimate of drug-likeness (QED) is 0.505. The van der Waals surface area contributed by atoms with Gasteiger partial charge in [0, 0.05) is 35.4 Å². The second-order valence-electron chi connectivity index (χ2n) is 7.55. The molecule has 0 saturated carbocycles. The SMILES string of the molecule is O=C1OC2(c3ccc(O)cc3Oc3cc(O)ccc32)c2cccc(CNC(=O)C(F)(F)F)c21. The number of esters is 1. The molecule has 0 radical (unpaired) electrons. The first-order chi connectivity index (χ1) is 15.6. The topological polar surface area (TPSA) is 105 Å². The molecular formula is C23H14F3NO6. The lowest BCUT2D eigenvalue weighted by molar-refractivity contribution is -0.173. The molecule has 5 rings (SSSR count). The molecule has 1 spiro atoms. The zero-order valence-electron chi connectivity index (χ0n) is 16.6. The van der Waals surface area contributed by atoms with Crippen LogP contribution in [0.25, 0.3) is 0 Å². The standard InChI is InChI=1S/C23H14F3NO6/c24-23(25,26)21(31)27-10-11-2-1-3-16-19(11)20(30)33-22(16)14-6-4-12(28)8-17(14)32-18-9-13(29)5-7-15(18)22/h1-9,28-29H,10H2,(H,27,31). The maximum atomic E-state index is 13.1. The van der Waals surface area contributed by atoms with E-state index >= 15 is 0 Å². The second kappa shape index (κ2) is 6.89. The van der Waals surface area contributed by atoms with Gasteiger partial charge in [0.2, 0.25) is 0 Å². The molecule has 3 N–H and O–H groups in total. The van der Waals surface area contributed by atoms with Crippen LogP contribution in [0, 0.1) is 0 Å². The third-order valence-electron chi connectivity index (χ3n) is 5.59. The Balaban J connectivity index is 1.70. The van der Waals surface area contributed by atoms with Gasteiger partial charge in [-0.05, 0) is 29.8 Å². The van der Waals surface area contributed by atoms with E-state index in [2.05, 4.69) is 0 Å². The average Bonchev–Trinajstić information content (AvgIpc) is 3.04. The number of carbonyl (C=O) groups excluding carboxylic acids is 2. The van der Waals surface area contributed by atoms with Crippen molar-refractivity contribution in [3.05, 3.63) is 82.4 Å². The normalized spacial score (nSPS) is 15.2. The number of nitrogens with one attached hydrogen (secondary N) is 1. The van der Waals surface area contributed by atoms with Crippen molar-refractivity contribution >= 4 is 11.9 Å². The summed E-state index contributed by atoms with van der Waals surface area (Å²) in [4.78, 5) is 24.3. The predicted octanol–water partition coefficient (Wildman–Crippen LogP) is 3.84. The second-order valence-corrected chi connectivity index (χ2v) is 7.55. The van der Waals surface area contributed by atoms with Crippen LogP contribution < -0.4 is 10.1 Å². The predicted molar refractivity (Wildman–Crippen MR) is 106 cm³/mol. The maximum Gasteiger partial charge on any atom is 0.471 e. The Labute approximate surface area is 184 Å². The molecule has 0 fully saturated rings. The van der Waals surface area contributed by atoms with E-state index in [4.69, 9.17) is 9.47 Å². The molecule has 0 bridgehead atoms. The third-order valence-corrected chi connectivity index (χ3v) is 5.59. The van der Waals surface area contributed by atoms with Crippen molar-refractivity contribution in [2.45, 2.75) is 18.3 Å². The third kappa shape index (κ3) is 3.05. The lowest BCUT2D eigenvalue weighted by Gasteiger charge is -2.36. The number of alkyl halides is 3. The van der Waals surface area contributed by atoms with E-state index in [9.17, 15) is 33.0 Å². The molecule has 0 saturated heterocycles. The molecule has 2 aliphatic heterocycles. The van der Waals surface area contributed by atoms with Crippen molar-refractivity contribution in [1.29, 1.82) is 0 Å². The zero-order chi connectivity index (χ0) is 23.5. The summed E-state index contributed by atoms with van der Waals surface area (Å²) in [7, 11) is 0. The molecule has 1 amide bonds. The molecule has 0 aliphatic carbocycles. The minimum absolute atomic E-state index is 0.0138. The van der Waals surface area contributed by atoms with Crippen LogP contribution in [0.1, 0.15) is 32.6 Å². The fourth-order valence-electron chi connectivity index (χ4n) is 4.24. The smallest absolute Gasteiger partial charge is 0.471 e. The van der Waals surface area contributed by atoms with Gasteiger partial charge in [-0.15, -0.1) is 0 Å². The Morgan fingerprint density at radius 3 is 2.12 bits per heavy atom. The van der Waals surface area contributed by atoms with Gasteiger partial charge in [-0.3, -0.25) is 4.79 Å². The molecule has 0 atom stereocenters. The van der Waals surface area contributed by atoms with Crippen molar-refractivity contribution in [2.75, 3.05) is 0 Å². The minimum atomic E-state index is -5.07. The Morgan fingerprint density at radius 1 is 0.939 bits per heavy atom. The van der Waals surface area contributed by atoms with Crippen LogP contribution >= 0.6 is 0 Å². The van der Waals surface area contributed by atoms with Gasteiger partial charge >= 0.3 is 18.1 Å². The lowest BCUT2D eigenvalue weighted by atomic mass is 9.77. The lowest BCUT2D eigenvalue weighted by Crippen LogP contribution is -2.36. The Morgan fingerprint density at radius 2 is 1.55 bits per heavy atom. The van der Waals surface area contributed by atoms with Gasteiger partial charge in [0.25, 0.3) is 0 Å². The number of aromatic hydroxyl groups is 2. The van der Waals surface area contributed by atoms with E-state index < -0.39 is 30.2 Å². The van der Waals surface area contributed by atoms with Crippen LogP contribution in [-0.2, 0) is 21.7 Å². The van der Waals surface area contributed by atoms with E-state index in [-0.39, 0.29) is 34.1 Å². The van der Waals surface area contributed by atoms with Gasteiger partial charge < -0.3 is 25.0 Å². The number of halogens is 3. The fourth-order valence-corrected chi connectivity index (χ4v) is 4.24.